The van der Waals surface area contributed by atoms with E-state index in [1.807, 2.05) is 84.0 Å². The lowest BCUT2D eigenvalue weighted by molar-refractivity contribution is -0.143. The van der Waals surface area contributed by atoms with E-state index in [1.165, 1.54) is 0 Å². The van der Waals surface area contributed by atoms with Crippen LogP contribution in [-0.2, 0) is 16.1 Å². The molecule has 0 spiro atoms. The third-order valence-corrected chi connectivity index (χ3v) is 5.10. The zero-order valence-electron chi connectivity index (χ0n) is 19.0. The molecule has 2 amide bonds. The molecule has 0 aliphatic heterocycles. The number of nitrogens with zero attached hydrogens (tertiary/aromatic N) is 1. The Hall–Kier alpha value is -2.82. The first kappa shape index (κ1) is 23.5. The Morgan fingerprint density at radius 3 is 2.33 bits per heavy atom. The SMILES string of the molecule is CCC(C(=O)NC(C)C)N(Cc1ccccc1C)C(=O)COc1ccc(C)cc1C. The van der Waals surface area contributed by atoms with E-state index < -0.39 is 6.04 Å². The lowest BCUT2D eigenvalue weighted by atomic mass is 10.1. The molecule has 0 saturated carbocycles. The number of rotatable bonds is 9. The van der Waals surface area contributed by atoms with Crippen LogP contribution >= 0.6 is 0 Å². The van der Waals surface area contributed by atoms with Gasteiger partial charge in [0.15, 0.2) is 6.61 Å². The van der Waals surface area contributed by atoms with Crippen molar-refractivity contribution in [3.63, 3.8) is 0 Å². The van der Waals surface area contributed by atoms with Crippen molar-refractivity contribution in [1.82, 2.24) is 10.2 Å². The molecule has 0 aliphatic carbocycles. The van der Waals surface area contributed by atoms with Crippen molar-refractivity contribution in [3.8, 4) is 5.75 Å². The lowest BCUT2D eigenvalue weighted by Gasteiger charge is -2.31. The lowest BCUT2D eigenvalue weighted by Crippen LogP contribution is -2.51. The molecule has 2 aromatic rings. The number of aryl methyl sites for hydroxylation is 3. The summed E-state index contributed by atoms with van der Waals surface area (Å²) < 4.78 is 5.84. The number of amides is 2. The molecule has 30 heavy (non-hydrogen) atoms. The fraction of sp³-hybridized carbons (Fsp3) is 0.440. The van der Waals surface area contributed by atoms with Gasteiger partial charge in [-0.25, -0.2) is 0 Å². The number of benzene rings is 2. The predicted octanol–water partition coefficient (Wildman–Crippen LogP) is 4.32. The molecule has 0 radical (unpaired) electrons. The minimum absolute atomic E-state index is 0.00780. The third-order valence-electron chi connectivity index (χ3n) is 5.10. The van der Waals surface area contributed by atoms with Crippen molar-refractivity contribution in [2.75, 3.05) is 6.61 Å². The molecule has 0 heterocycles. The fourth-order valence-corrected chi connectivity index (χ4v) is 3.45. The summed E-state index contributed by atoms with van der Waals surface area (Å²) in [4.78, 5) is 27.7. The monoisotopic (exact) mass is 410 g/mol. The number of carbonyl (C=O) groups excluding carboxylic acids is 2. The highest BCUT2D eigenvalue weighted by atomic mass is 16.5. The van der Waals surface area contributed by atoms with Gasteiger partial charge in [0, 0.05) is 12.6 Å². The highest BCUT2D eigenvalue weighted by molar-refractivity contribution is 5.88. The second-order valence-corrected chi connectivity index (χ2v) is 8.09. The normalized spacial score (nSPS) is 11.8. The number of ether oxygens (including phenoxy) is 1. The summed E-state index contributed by atoms with van der Waals surface area (Å²) in [5.74, 6) is 0.342. The maximum atomic E-state index is 13.2. The van der Waals surface area contributed by atoms with Gasteiger partial charge in [-0.05, 0) is 63.8 Å². The van der Waals surface area contributed by atoms with Gasteiger partial charge in [-0.3, -0.25) is 9.59 Å². The van der Waals surface area contributed by atoms with Gasteiger partial charge in [-0.1, -0.05) is 48.9 Å². The molecule has 0 saturated heterocycles. The number of hydrogen-bond donors (Lipinski definition) is 1. The smallest absolute Gasteiger partial charge is 0.261 e. The largest absolute Gasteiger partial charge is 0.483 e. The van der Waals surface area contributed by atoms with E-state index in [0.29, 0.717) is 18.7 Å². The quantitative estimate of drug-likeness (QED) is 0.670. The van der Waals surface area contributed by atoms with Crippen LogP contribution in [0.25, 0.3) is 0 Å². The Bertz CT molecular complexity index is 876. The van der Waals surface area contributed by atoms with Gasteiger partial charge in [-0.2, -0.15) is 0 Å². The topological polar surface area (TPSA) is 58.6 Å². The first-order valence-electron chi connectivity index (χ1n) is 10.6. The Morgan fingerprint density at radius 1 is 1.03 bits per heavy atom. The number of carbonyl (C=O) groups is 2. The van der Waals surface area contributed by atoms with Crippen LogP contribution in [0, 0.1) is 20.8 Å². The van der Waals surface area contributed by atoms with Crippen molar-refractivity contribution in [2.24, 2.45) is 0 Å². The Labute approximate surface area is 180 Å². The third kappa shape index (κ3) is 6.34. The zero-order chi connectivity index (χ0) is 22.3. The molecule has 2 aromatic carbocycles. The van der Waals surface area contributed by atoms with Crippen LogP contribution in [0.5, 0.6) is 5.75 Å². The first-order chi connectivity index (χ1) is 14.2. The summed E-state index contributed by atoms with van der Waals surface area (Å²) in [5.41, 5.74) is 4.24. The highest BCUT2D eigenvalue weighted by Gasteiger charge is 2.29. The summed E-state index contributed by atoms with van der Waals surface area (Å²) in [6, 6.07) is 13.2. The van der Waals surface area contributed by atoms with Crippen LogP contribution < -0.4 is 10.1 Å². The molecule has 1 unspecified atom stereocenters. The second-order valence-electron chi connectivity index (χ2n) is 8.09. The fourth-order valence-electron chi connectivity index (χ4n) is 3.45. The summed E-state index contributed by atoms with van der Waals surface area (Å²) in [6.07, 6.45) is 0.528. The standard InChI is InChI=1S/C25H34N2O3/c1-7-22(25(29)26-17(2)3)27(15-21-11-9-8-10-19(21)5)24(28)16-30-23-13-12-18(4)14-20(23)6/h8-14,17,22H,7,15-16H2,1-6H3,(H,26,29). The van der Waals surface area contributed by atoms with Crippen LogP contribution in [0.3, 0.4) is 0 Å². The van der Waals surface area contributed by atoms with Gasteiger partial charge in [0.1, 0.15) is 11.8 Å². The summed E-state index contributed by atoms with van der Waals surface area (Å²) >= 11 is 0. The van der Waals surface area contributed by atoms with Gasteiger partial charge >= 0.3 is 0 Å². The number of nitrogens with one attached hydrogen (secondary N) is 1. The maximum absolute atomic E-state index is 13.2. The number of hydrogen-bond acceptors (Lipinski definition) is 3. The molecule has 5 heteroatoms. The molecular formula is C25H34N2O3. The van der Waals surface area contributed by atoms with Crippen molar-refractivity contribution in [1.29, 1.82) is 0 Å². The van der Waals surface area contributed by atoms with Crippen molar-refractivity contribution >= 4 is 11.8 Å². The summed E-state index contributed by atoms with van der Waals surface area (Å²) in [6.45, 7) is 12.0. The molecule has 0 aliphatic rings. The summed E-state index contributed by atoms with van der Waals surface area (Å²) in [5, 5.41) is 2.95. The highest BCUT2D eigenvalue weighted by Crippen LogP contribution is 2.20. The predicted molar refractivity (Wildman–Crippen MR) is 120 cm³/mol. The Morgan fingerprint density at radius 2 is 1.73 bits per heavy atom. The van der Waals surface area contributed by atoms with Crippen molar-refractivity contribution < 1.29 is 14.3 Å². The van der Waals surface area contributed by atoms with E-state index >= 15 is 0 Å². The van der Waals surface area contributed by atoms with Crippen molar-refractivity contribution in [2.45, 2.75) is 66.6 Å². The molecule has 1 N–H and O–H groups in total. The van der Waals surface area contributed by atoms with E-state index in [4.69, 9.17) is 4.74 Å². The minimum atomic E-state index is -0.553. The average molecular weight is 411 g/mol. The van der Waals surface area contributed by atoms with E-state index in [0.717, 1.165) is 22.3 Å². The van der Waals surface area contributed by atoms with E-state index in [2.05, 4.69) is 5.32 Å². The molecule has 0 bridgehead atoms. The van der Waals surface area contributed by atoms with Crippen LogP contribution in [0.2, 0.25) is 0 Å². The maximum Gasteiger partial charge on any atom is 0.261 e. The molecule has 1 atom stereocenters. The van der Waals surface area contributed by atoms with Crippen LogP contribution in [0.15, 0.2) is 42.5 Å². The van der Waals surface area contributed by atoms with Gasteiger partial charge in [0.2, 0.25) is 5.91 Å². The zero-order valence-corrected chi connectivity index (χ0v) is 19.0. The molecule has 162 valence electrons. The second kappa shape index (κ2) is 10.8. The Balaban J connectivity index is 2.25. The van der Waals surface area contributed by atoms with Crippen LogP contribution in [0.1, 0.15) is 49.4 Å². The molecular weight excluding hydrogens is 376 g/mol. The van der Waals surface area contributed by atoms with Gasteiger partial charge in [0.05, 0.1) is 0 Å². The summed E-state index contributed by atoms with van der Waals surface area (Å²) in [7, 11) is 0. The molecule has 0 aromatic heterocycles. The van der Waals surface area contributed by atoms with Crippen LogP contribution in [0.4, 0.5) is 0 Å². The van der Waals surface area contributed by atoms with Gasteiger partial charge < -0.3 is 15.0 Å². The molecule has 5 nitrogen and oxygen atoms in total. The molecule has 2 rings (SSSR count). The molecule has 0 fully saturated rings. The van der Waals surface area contributed by atoms with Crippen LogP contribution in [-0.4, -0.2) is 35.4 Å². The van der Waals surface area contributed by atoms with Gasteiger partial charge in [-0.15, -0.1) is 0 Å². The average Bonchev–Trinajstić information content (AvgIpc) is 2.67. The van der Waals surface area contributed by atoms with E-state index in [9.17, 15) is 9.59 Å². The minimum Gasteiger partial charge on any atom is -0.483 e. The van der Waals surface area contributed by atoms with E-state index in [-0.39, 0.29) is 24.5 Å². The van der Waals surface area contributed by atoms with E-state index in [1.54, 1.807) is 4.90 Å². The Kier molecular flexibility index (Phi) is 8.46. The van der Waals surface area contributed by atoms with Crippen molar-refractivity contribution in [3.05, 3.63) is 64.7 Å². The van der Waals surface area contributed by atoms with Gasteiger partial charge in [0.25, 0.3) is 5.91 Å². The first-order valence-corrected chi connectivity index (χ1v) is 10.6.